The van der Waals surface area contributed by atoms with Crippen LogP contribution in [0.15, 0.2) is 188 Å². The minimum atomic E-state index is -2.12. The topological polar surface area (TPSA) is 120 Å². The number of fused-ring (bicyclic) bond motifs is 12. The molecule has 456 valence electrons. The SMILES string of the molecule is Cc1ccc(-c2c(C)ccc3oc4cc(C)ncc4c23)[n+](C)c1.Cc1ccc(-c2c(C)ccc3oc4ccc(C)nc4c23)[n+](C)c1.Cc1ccc(-c2c(C)nc(C)c3oc4ccccc4c23)[n+](C)c1.[2H]C([2H])([2H])c1ccc(-c2c(C)ccc3oc4nc(C)ccc4c23)[n+](C)c1. The summed E-state index contributed by atoms with van der Waals surface area (Å²) in [5, 5.41) is 7.59. The van der Waals surface area contributed by atoms with E-state index in [1.54, 1.807) is 12.3 Å². The Hall–Kier alpha value is -10.7. The van der Waals surface area contributed by atoms with Crippen LogP contribution in [-0.2, 0) is 28.2 Å². The number of rotatable bonds is 4. The number of furan rings is 4. The van der Waals surface area contributed by atoms with Crippen molar-refractivity contribution in [2.24, 2.45) is 28.2 Å². The molecule has 0 amide bonds. The highest BCUT2D eigenvalue weighted by molar-refractivity contribution is 6.15. The molecule has 0 aliphatic heterocycles. The molecular formula is C80H76N8O4+4. The number of hydrogen-bond donors (Lipinski definition) is 0. The highest BCUT2D eigenvalue weighted by Crippen LogP contribution is 2.42. The molecule has 0 saturated heterocycles. The van der Waals surface area contributed by atoms with E-state index in [-0.39, 0.29) is 0 Å². The van der Waals surface area contributed by atoms with Gasteiger partial charge in [-0.05, 0) is 172 Å². The number of pyridine rings is 8. The zero-order valence-electron chi connectivity index (χ0n) is 57.9. The van der Waals surface area contributed by atoms with Crippen LogP contribution < -0.4 is 18.3 Å². The average molecular weight is 1220 g/mol. The van der Waals surface area contributed by atoms with Crippen molar-refractivity contribution in [3.8, 4) is 45.0 Å². The molecule has 0 atom stereocenters. The summed E-state index contributed by atoms with van der Waals surface area (Å²) in [4.78, 5) is 18.4. The van der Waals surface area contributed by atoms with Gasteiger partial charge in [-0.3, -0.25) is 9.97 Å². The molecular weight excluding hydrogens is 1140 g/mol. The summed E-state index contributed by atoms with van der Waals surface area (Å²) in [7, 11) is 8.12. The average Bonchev–Trinajstić information content (AvgIpc) is 1.68. The lowest BCUT2D eigenvalue weighted by Crippen LogP contribution is -2.31. The molecule has 12 aromatic heterocycles. The van der Waals surface area contributed by atoms with Gasteiger partial charge < -0.3 is 17.7 Å². The van der Waals surface area contributed by atoms with E-state index in [2.05, 4.69) is 172 Å². The lowest BCUT2D eigenvalue weighted by molar-refractivity contribution is -0.660. The van der Waals surface area contributed by atoms with Gasteiger partial charge in [0.2, 0.25) is 28.5 Å². The van der Waals surface area contributed by atoms with Crippen molar-refractivity contribution in [1.82, 2.24) is 19.9 Å². The maximum absolute atomic E-state index is 7.62. The molecule has 0 saturated carbocycles. The summed E-state index contributed by atoms with van der Waals surface area (Å²) in [5.41, 5.74) is 29.2. The Morgan fingerprint density at radius 2 is 0.826 bits per heavy atom. The number of benzene rings is 4. The van der Waals surface area contributed by atoms with E-state index in [1.165, 1.54) is 50.3 Å². The third-order valence-corrected chi connectivity index (χ3v) is 17.4. The first kappa shape index (κ1) is 56.5. The van der Waals surface area contributed by atoms with Gasteiger partial charge in [0.15, 0.2) is 36.0 Å². The van der Waals surface area contributed by atoms with Gasteiger partial charge in [0.1, 0.15) is 61.6 Å². The van der Waals surface area contributed by atoms with Crippen molar-refractivity contribution < 1.29 is 40.0 Å². The highest BCUT2D eigenvalue weighted by atomic mass is 16.3. The summed E-state index contributed by atoms with van der Waals surface area (Å²) in [6, 6.07) is 47.0. The summed E-state index contributed by atoms with van der Waals surface area (Å²) in [5.74, 6) is 0. The predicted molar refractivity (Wildman–Crippen MR) is 369 cm³/mol. The summed E-state index contributed by atoms with van der Waals surface area (Å²) in [6.45, 7) is 20.6. The molecule has 16 aromatic rings. The zero-order valence-corrected chi connectivity index (χ0v) is 54.9. The van der Waals surface area contributed by atoms with Gasteiger partial charge in [0.25, 0.3) is 0 Å². The van der Waals surface area contributed by atoms with Gasteiger partial charge in [0, 0.05) is 112 Å². The Kier molecular flexibility index (Phi) is 14.7. The van der Waals surface area contributed by atoms with Gasteiger partial charge in [-0.25, -0.2) is 28.2 Å². The number of aryl methyl sites for hydroxylation is 16. The molecule has 0 spiro atoms. The third-order valence-electron chi connectivity index (χ3n) is 17.4. The molecule has 12 heteroatoms. The Bertz CT molecular complexity index is 5750. The molecule has 12 heterocycles. The van der Waals surface area contributed by atoms with E-state index in [9.17, 15) is 0 Å². The van der Waals surface area contributed by atoms with Crippen molar-refractivity contribution in [3.05, 3.63) is 238 Å². The third kappa shape index (κ3) is 11.0. The fraction of sp³-hybridized carbons (Fsp3) is 0.200. The molecule has 0 N–H and O–H groups in total. The Labute approximate surface area is 539 Å². The molecule has 4 aromatic carbocycles. The quantitative estimate of drug-likeness (QED) is 0.160. The Balaban J connectivity index is 0.000000115. The lowest BCUT2D eigenvalue weighted by Gasteiger charge is -2.08. The van der Waals surface area contributed by atoms with Gasteiger partial charge in [-0.1, -0.05) is 36.4 Å². The molecule has 0 unspecified atom stereocenters. The standard InChI is InChI=1S/4C20H19N2O/c1-12-5-9-16(22(4)11-12)18-13(2)6-10-17-19(18)15-8-7-14(3)21-20(15)23-17;1-12-5-8-15(22(4)11-12)18-13(2)6-9-16-19(18)20-17(23-16)10-7-14(3)21-20;1-12-5-7-16(22(4)11-12)19-13(2)6-8-17-20(19)15-10-21-14(3)9-18(15)23-17;1-12-9-10-16(22(4)11-12)18-13(2)21-14(3)20-19(18)15-7-5-6-8-17(15)23-20/h4*5-11H,1-4H3/q4*+1/i1D3;;;. The van der Waals surface area contributed by atoms with E-state index in [4.69, 9.17) is 31.7 Å². The maximum Gasteiger partial charge on any atom is 0.227 e. The minimum absolute atomic E-state index is 0.322. The van der Waals surface area contributed by atoms with Gasteiger partial charge >= 0.3 is 0 Å². The second kappa shape index (κ2) is 23.9. The van der Waals surface area contributed by atoms with Crippen LogP contribution in [0.4, 0.5) is 0 Å². The fourth-order valence-electron chi connectivity index (χ4n) is 13.1. The van der Waals surface area contributed by atoms with Gasteiger partial charge in [-0.2, -0.15) is 0 Å². The molecule has 92 heavy (non-hydrogen) atoms. The van der Waals surface area contributed by atoms with Crippen LogP contribution in [0.5, 0.6) is 0 Å². The van der Waals surface area contributed by atoms with E-state index in [0.29, 0.717) is 11.3 Å². The van der Waals surface area contributed by atoms with E-state index in [0.717, 1.165) is 139 Å². The molecule has 0 bridgehead atoms. The van der Waals surface area contributed by atoms with Gasteiger partial charge in [-0.15, -0.1) is 0 Å². The molecule has 0 fully saturated rings. The summed E-state index contributed by atoms with van der Waals surface area (Å²) in [6.07, 6.45) is 10.0. The highest BCUT2D eigenvalue weighted by Gasteiger charge is 2.26. The van der Waals surface area contributed by atoms with E-state index < -0.39 is 6.85 Å². The number of nitrogens with zero attached hydrogens (tertiary/aromatic N) is 8. The van der Waals surface area contributed by atoms with Crippen molar-refractivity contribution in [3.63, 3.8) is 0 Å². The monoisotopic (exact) mass is 1220 g/mol. The maximum atomic E-state index is 7.62. The molecule has 0 aliphatic carbocycles. The fourth-order valence-corrected chi connectivity index (χ4v) is 13.1. The second-order valence-corrected chi connectivity index (χ2v) is 24.6. The normalized spacial score (nSPS) is 12.1. The van der Waals surface area contributed by atoms with Crippen LogP contribution in [0.2, 0.25) is 0 Å². The Morgan fingerprint density at radius 1 is 0.348 bits per heavy atom. The first-order valence-corrected chi connectivity index (χ1v) is 31.0. The summed E-state index contributed by atoms with van der Waals surface area (Å²) >= 11 is 0. The lowest BCUT2D eigenvalue weighted by atomic mass is 9.98. The summed E-state index contributed by atoms with van der Waals surface area (Å²) < 4.78 is 55.4. The van der Waals surface area contributed by atoms with Crippen LogP contribution in [0.1, 0.15) is 71.5 Å². The van der Waals surface area contributed by atoms with Crippen LogP contribution in [0.25, 0.3) is 133 Å². The van der Waals surface area contributed by atoms with Gasteiger partial charge in [0.05, 0.1) is 39.0 Å². The Morgan fingerprint density at radius 3 is 1.41 bits per heavy atom. The van der Waals surface area contributed by atoms with Crippen molar-refractivity contribution in [2.75, 3.05) is 0 Å². The first-order chi connectivity index (χ1) is 45.4. The van der Waals surface area contributed by atoms with Crippen LogP contribution in [-0.4, -0.2) is 19.9 Å². The van der Waals surface area contributed by atoms with Crippen molar-refractivity contribution in [2.45, 2.75) is 83.0 Å². The minimum Gasteiger partial charge on any atom is -0.456 e. The molecule has 16 rings (SSSR count). The molecule has 12 nitrogen and oxygen atoms in total. The van der Waals surface area contributed by atoms with E-state index in [1.807, 2.05) is 119 Å². The zero-order chi connectivity index (χ0) is 67.0. The van der Waals surface area contributed by atoms with E-state index >= 15 is 0 Å². The first-order valence-electron chi connectivity index (χ1n) is 32.5. The van der Waals surface area contributed by atoms with Crippen molar-refractivity contribution >= 4 is 88.0 Å². The van der Waals surface area contributed by atoms with Crippen LogP contribution in [0, 0.1) is 83.0 Å². The largest absolute Gasteiger partial charge is 0.456 e. The molecule has 0 radical (unpaired) electrons. The second-order valence-electron chi connectivity index (χ2n) is 24.6. The predicted octanol–water partition coefficient (Wildman–Crippen LogP) is 17.6. The number of hydrogen-bond acceptors (Lipinski definition) is 8. The molecule has 0 aliphatic rings. The smallest absolute Gasteiger partial charge is 0.227 e. The van der Waals surface area contributed by atoms with Crippen LogP contribution >= 0.6 is 0 Å². The van der Waals surface area contributed by atoms with Crippen molar-refractivity contribution in [1.29, 1.82) is 0 Å². The number of para-hydroxylation sites is 1. The number of aromatic nitrogens is 8. The van der Waals surface area contributed by atoms with Crippen LogP contribution in [0.3, 0.4) is 0 Å².